The first-order valence-electron chi connectivity index (χ1n) is 19.1. The van der Waals surface area contributed by atoms with Crippen molar-refractivity contribution in [3.63, 3.8) is 0 Å². The van der Waals surface area contributed by atoms with Crippen LogP contribution in [0.15, 0.2) is 140 Å². The van der Waals surface area contributed by atoms with Crippen molar-refractivity contribution in [3.05, 3.63) is 151 Å². The number of aromatic nitrogens is 5. The van der Waals surface area contributed by atoms with E-state index in [1.165, 1.54) is 27.6 Å². The second-order valence-corrected chi connectivity index (χ2v) is 15.2. The third-order valence-corrected chi connectivity index (χ3v) is 11.3. The largest absolute Gasteiger partial charge is 0.457 e. The SMILES string of the molecule is CC(C)c1cccc(C(C)C)c1-c1cccc2c1c1ccc(Oc3ccc4c(c3)c3nc5ccccc5n3c3cccnc43)cc1c1nc3ccccc3n21. The quantitative estimate of drug-likeness (QED) is 0.167. The molecule has 0 aliphatic heterocycles. The Morgan fingerprint density at radius 1 is 0.491 bits per heavy atom. The molecule has 11 aromatic rings. The van der Waals surface area contributed by atoms with Crippen molar-refractivity contribution >= 4 is 76.8 Å². The number of hydrogen-bond acceptors (Lipinski definition) is 4. The van der Waals surface area contributed by atoms with Crippen molar-refractivity contribution in [1.82, 2.24) is 23.8 Å². The lowest BCUT2D eigenvalue weighted by atomic mass is 9.83. The molecule has 5 heterocycles. The summed E-state index contributed by atoms with van der Waals surface area (Å²) in [5.74, 6) is 2.21. The maximum atomic E-state index is 6.79. The van der Waals surface area contributed by atoms with E-state index >= 15 is 0 Å². The summed E-state index contributed by atoms with van der Waals surface area (Å²) in [4.78, 5) is 15.2. The van der Waals surface area contributed by atoms with Crippen LogP contribution in [0.25, 0.3) is 88.0 Å². The molecule has 0 saturated carbocycles. The molecule has 0 unspecified atom stereocenters. The van der Waals surface area contributed by atoms with Gasteiger partial charge < -0.3 is 4.74 Å². The summed E-state index contributed by atoms with van der Waals surface area (Å²) in [5, 5.41) is 5.43. The molecule has 264 valence electrons. The van der Waals surface area contributed by atoms with Crippen LogP contribution in [-0.4, -0.2) is 23.8 Å². The number of benzene rings is 6. The zero-order chi connectivity index (χ0) is 36.9. The zero-order valence-electron chi connectivity index (χ0n) is 31.1. The smallest absolute Gasteiger partial charge is 0.146 e. The van der Waals surface area contributed by atoms with Gasteiger partial charge >= 0.3 is 0 Å². The topological polar surface area (TPSA) is 56.7 Å². The molecule has 0 radical (unpaired) electrons. The van der Waals surface area contributed by atoms with Crippen molar-refractivity contribution in [3.8, 4) is 22.6 Å². The fourth-order valence-electron chi connectivity index (χ4n) is 8.87. The van der Waals surface area contributed by atoms with Gasteiger partial charge in [0.05, 0.1) is 38.6 Å². The molecule has 55 heavy (non-hydrogen) atoms. The van der Waals surface area contributed by atoms with Crippen molar-refractivity contribution in [1.29, 1.82) is 0 Å². The summed E-state index contributed by atoms with van der Waals surface area (Å²) in [6.07, 6.45) is 1.85. The molecule has 0 N–H and O–H groups in total. The van der Waals surface area contributed by atoms with Crippen LogP contribution < -0.4 is 4.74 Å². The van der Waals surface area contributed by atoms with E-state index < -0.39 is 0 Å². The van der Waals surface area contributed by atoms with Crippen LogP contribution in [-0.2, 0) is 0 Å². The molecule has 6 aromatic carbocycles. The lowest BCUT2D eigenvalue weighted by Crippen LogP contribution is -2.01. The van der Waals surface area contributed by atoms with Gasteiger partial charge in [-0.3, -0.25) is 13.8 Å². The zero-order valence-corrected chi connectivity index (χ0v) is 31.1. The molecular weight excluding hydrogens is 675 g/mol. The summed E-state index contributed by atoms with van der Waals surface area (Å²) < 4.78 is 11.3. The Hall–Kier alpha value is -6.79. The van der Waals surface area contributed by atoms with Crippen LogP contribution in [0.5, 0.6) is 11.5 Å². The molecule has 6 nitrogen and oxygen atoms in total. The Kier molecular flexibility index (Phi) is 6.84. The Labute approximate surface area is 317 Å². The second kappa shape index (κ2) is 11.9. The number of hydrogen-bond donors (Lipinski definition) is 0. The van der Waals surface area contributed by atoms with Gasteiger partial charge in [-0.15, -0.1) is 0 Å². The lowest BCUT2D eigenvalue weighted by molar-refractivity contribution is 0.484. The number of nitrogens with zero attached hydrogens (tertiary/aromatic N) is 5. The molecule has 0 fully saturated rings. The van der Waals surface area contributed by atoms with E-state index in [1.54, 1.807) is 0 Å². The van der Waals surface area contributed by atoms with E-state index in [0.29, 0.717) is 11.8 Å². The first kappa shape index (κ1) is 31.7. The molecule has 5 aromatic heterocycles. The fourth-order valence-corrected chi connectivity index (χ4v) is 8.87. The van der Waals surface area contributed by atoms with Crippen LogP contribution >= 0.6 is 0 Å². The number of pyridine rings is 3. The molecule has 0 saturated heterocycles. The Morgan fingerprint density at radius 3 is 1.69 bits per heavy atom. The molecule has 0 spiro atoms. The number of para-hydroxylation sites is 4. The summed E-state index contributed by atoms with van der Waals surface area (Å²) in [7, 11) is 0. The van der Waals surface area contributed by atoms with Crippen LogP contribution in [0.3, 0.4) is 0 Å². The summed E-state index contributed by atoms with van der Waals surface area (Å²) in [6, 6.07) is 47.1. The normalized spacial score (nSPS) is 12.3. The minimum Gasteiger partial charge on any atom is -0.457 e. The molecule has 0 bridgehead atoms. The predicted molar refractivity (Wildman–Crippen MR) is 227 cm³/mol. The van der Waals surface area contributed by atoms with Gasteiger partial charge in [0.25, 0.3) is 0 Å². The highest BCUT2D eigenvalue weighted by Gasteiger charge is 2.22. The molecule has 6 heteroatoms. The van der Waals surface area contributed by atoms with Gasteiger partial charge in [-0.1, -0.05) is 82.3 Å². The Bertz CT molecular complexity index is 3340. The van der Waals surface area contributed by atoms with E-state index in [0.717, 1.165) is 83.0 Å². The molecule has 0 aliphatic rings. The minimum absolute atomic E-state index is 0.366. The van der Waals surface area contributed by atoms with Gasteiger partial charge in [0, 0.05) is 27.7 Å². The van der Waals surface area contributed by atoms with Crippen molar-refractivity contribution in [2.75, 3.05) is 0 Å². The molecule has 0 amide bonds. The Balaban J connectivity index is 1.16. The second-order valence-electron chi connectivity index (χ2n) is 15.2. The fraction of sp³-hybridized carbons (Fsp3) is 0.122. The number of fused-ring (bicyclic) bond motifs is 16. The maximum Gasteiger partial charge on any atom is 0.146 e. The minimum atomic E-state index is 0.366. The summed E-state index contributed by atoms with van der Waals surface area (Å²) >= 11 is 0. The third kappa shape index (κ3) is 4.64. The highest BCUT2D eigenvalue weighted by molar-refractivity contribution is 6.19. The van der Waals surface area contributed by atoms with Crippen LogP contribution in [0.2, 0.25) is 0 Å². The summed E-state index contributed by atoms with van der Waals surface area (Å²) in [6.45, 7) is 9.18. The van der Waals surface area contributed by atoms with Gasteiger partial charge in [0.1, 0.15) is 22.8 Å². The average molecular weight is 712 g/mol. The standard InChI is InChI=1S/C49H37N5O/c1-28(2)32-12-9-13-33(29(3)4)45(32)36-14-10-19-43-46(36)34-23-21-30(26-37(34)48-51-39-15-5-7-17-41(39)53(43)48)55-31-22-24-35-38(27-31)49-52-40-16-6-8-18-42(40)54(49)44-20-11-25-50-47(35)44/h5-29H,1-4H3. The number of imidazole rings is 2. The van der Waals surface area contributed by atoms with E-state index in [2.05, 4.69) is 152 Å². The lowest BCUT2D eigenvalue weighted by Gasteiger charge is -2.22. The van der Waals surface area contributed by atoms with Crippen molar-refractivity contribution in [2.45, 2.75) is 39.5 Å². The van der Waals surface area contributed by atoms with Crippen LogP contribution in [0, 0.1) is 0 Å². The first-order chi connectivity index (χ1) is 26.9. The van der Waals surface area contributed by atoms with Crippen LogP contribution in [0.4, 0.5) is 0 Å². The molecular formula is C49H37N5O. The average Bonchev–Trinajstić information content (AvgIpc) is 3.81. The van der Waals surface area contributed by atoms with Gasteiger partial charge in [0.15, 0.2) is 0 Å². The van der Waals surface area contributed by atoms with E-state index in [4.69, 9.17) is 19.7 Å². The van der Waals surface area contributed by atoms with E-state index in [1.807, 2.05) is 24.4 Å². The van der Waals surface area contributed by atoms with Gasteiger partial charge in [-0.2, -0.15) is 0 Å². The van der Waals surface area contributed by atoms with Gasteiger partial charge in [-0.25, -0.2) is 9.97 Å². The van der Waals surface area contributed by atoms with E-state index in [-0.39, 0.29) is 0 Å². The number of ether oxygens (including phenoxy) is 1. The molecule has 11 rings (SSSR count). The molecule has 0 aliphatic carbocycles. The number of rotatable bonds is 5. The third-order valence-electron chi connectivity index (χ3n) is 11.3. The van der Waals surface area contributed by atoms with Gasteiger partial charge in [-0.05, 0) is 118 Å². The van der Waals surface area contributed by atoms with Crippen molar-refractivity contribution in [2.24, 2.45) is 0 Å². The monoisotopic (exact) mass is 711 g/mol. The highest BCUT2D eigenvalue weighted by atomic mass is 16.5. The first-order valence-corrected chi connectivity index (χ1v) is 19.1. The van der Waals surface area contributed by atoms with Crippen molar-refractivity contribution < 1.29 is 4.74 Å². The predicted octanol–water partition coefficient (Wildman–Crippen LogP) is 13.0. The van der Waals surface area contributed by atoms with Gasteiger partial charge in [0.2, 0.25) is 0 Å². The highest BCUT2D eigenvalue weighted by Crippen LogP contribution is 2.44. The molecule has 0 atom stereocenters. The van der Waals surface area contributed by atoms with E-state index in [9.17, 15) is 0 Å². The summed E-state index contributed by atoms with van der Waals surface area (Å²) in [5.41, 5.74) is 14.2. The Morgan fingerprint density at radius 2 is 1.04 bits per heavy atom. The van der Waals surface area contributed by atoms with Crippen LogP contribution in [0.1, 0.15) is 50.7 Å². The maximum absolute atomic E-state index is 6.79.